The van der Waals surface area contributed by atoms with E-state index in [1.54, 1.807) is 0 Å². The van der Waals surface area contributed by atoms with Crippen LogP contribution in [0.3, 0.4) is 0 Å². The Labute approximate surface area is 50.2 Å². The van der Waals surface area contributed by atoms with Crippen molar-refractivity contribution in [1.29, 1.82) is 0 Å². The van der Waals surface area contributed by atoms with Crippen LogP contribution in [-0.2, 0) is 0 Å². The standard InChI is InChI=1S/C6H13NO/c1-2-3-4-5-6-7-8/h6,8H,2-5H2,1H3/b7-6+. The van der Waals surface area contributed by atoms with Gasteiger partial charge in [0.05, 0.1) is 0 Å². The summed E-state index contributed by atoms with van der Waals surface area (Å²) in [7, 11) is 0. The van der Waals surface area contributed by atoms with Crippen LogP contribution in [0.15, 0.2) is 5.16 Å². The van der Waals surface area contributed by atoms with Gasteiger partial charge in [0.2, 0.25) is 0 Å². The summed E-state index contributed by atoms with van der Waals surface area (Å²) in [5.41, 5.74) is 0. The topological polar surface area (TPSA) is 32.6 Å². The molecule has 0 aliphatic carbocycles. The molecule has 8 heavy (non-hydrogen) atoms. The maximum Gasteiger partial charge on any atom is 0.0435 e. The highest BCUT2D eigenvalue weighted by molar-refractivity contribution is 5.55. The van der Waals surface area contributed by atoms with Crippen molar-refractivity contribution in [2.45, 2.75) is 32.6 Å². The summed E-state index contributed by atoms with van der Waals surface area (Å²) in [4.78, 5) is 0. The van der Waals surface area contributed by atoms with Gasteiger partial charge < -0.3 is 5.21 Å². The van der Waals surface area contributed by atoms with Gasteiger partial charge in [0.15, 0.2) is 0 Å². The van der Waals surface area contributed by atoms with Crippen LogP contribution >= 0.6 is 0 Å². The SMILES string of the molecule is CCCCC/C=N/O. The van der Waals surface area contributed by atoms with E-state index in [4.69, 9.17) is 5.21 Å². The van der Waals surface area contributed by atoms with E-state index < -0.39 is 0 Å². The van der Waals surface area contributed by atoms with E-state index in [1.807, 2.05) is 0 Å². The smallest absolute Gasteiger partial charge is 0.0435 e. The van der Waals surface area contributed by atoms with Crippen molar-refractivity contribution < 1.29 is 5.21 Å². The number of hydrogen-bond donors (Lipinski definition) is 1. The van der Waals surface area contributed by atoms with Crippen LogP contribution in [0, 0.1) is 0 Å². The third-order valence-corrected chi connectivity index (χ3v) is 1.02. The molecule has 0 saturated carbocycles. The van der Waals surface area contributed by atoms with Crippen molar-refractivity contribution in [1.82, 2.24) is 0 Å². The lowest BCUT2D eigenvalue weighted by Crippen LogP contribution is -1.75. The minimum absolute atomic E-state index is 0.907. The Bertz CT molecular complexity index is 61.5. The fraction of sp³-hybridized carbons (Fsp3) is 0.833. The zero-order valence-electron chi connectivity index (χ0n) is 5.30. The summed E-state index contributed by atoms with van der Waals surface area (Å²) in [5, 5.41) is 10.8. The van der Waals surface area contributed by atoms with Crippen molar-refractivity contribution >= 4 is 6.21 Å². The third-order valence-electron chi connectivity index (χ3n) is 1.02. The van der Waals surface area contributed by atoms with Crippen LogP contribution in [0.2, 0.25) is 0 Å². The Morgan fingerprint density at radius 1 is 1.50 bits per heavy atom. The highest BCUT2D eigenvalue weighted by Crippen LogP contribution is 1.95. The molecule has 0 bridgehead atoms. The van der Waals surface area contributed by atoms with Crippen molar-refractivity contribution in [2.24, 2.45) is 5.16 Å². The van der Waals surface area contributed by atoms with Crippen molar-refractivity contribution in [2.75, 3.05) is 0 Å². The maximum absolute atomic E-state index is 7.94. The first-order valence-corrected chi connectivity index (χ1v) is 3.07. The Kier molecular flexibility index (Phi) is 6.04. The Morgan fingerprint density at radius 2 is 2.25 bits per heavy atom. The van der Waals surface area contributed by atoms with E-state index >= 15 is 0 Å². The van der Waals surface area contributed by atoms with Crippen LogP contribution < -0.4 is 0 Å². The summed E-state index contributed by atoms with van der Waals surface area (Å²) >= 11 is 0. The predicted octanol–water partition coefficient (Wildman–Crippen LogP) is 2.03. The van der Waals surface area contributed by atoms with Gasteiger partial charge >= 0.3 is 0 Å². The summed E-state index contributed by atoms with van der Waals surface area (Å²) in [6.45, 7) is 2.15. The molecule has 2 nitrogen and oxygen atoms in total. The number of hydrogen-bond acceptors (Lipinski definition) is 2. The molecule has 0 spiro atoms. The van der Waals surface area contributed by atoms with Crippen molar-refractivity contribution in [3.8, 4) is 0 Å². The van der Waals surface area contributed by atoms with Gasteiger partial charge in [0.1, 0.15) is 0 Å². The highest BCUT2D eigenvalue weighted by Gasteiger charge is 1.80. The number of unbranched alkanes of at least 4 members (excludes halogenated alkanes) is 3. The number of nitrogens with zero attached hydrogens (tertiary/aromatic N) is 1. The predicted molar refractivity (Wildman–Crippen MR) is 34.4 cm³/mol. The molecule has 0 heterocycles. The molecular weight excluding hydrogens is 102 g/mol. The molecule has 2 heteroatoms. The molecule has 0 aromatic carbocycles. The summed E-state index contributed by atoms with van der Waals surface area (Å²) in [6, 6.07) is 0. The molecule has 0 aliphatic heterocycles. The van der Waals surface area contributed by atoms with Gasteiger partial charge in [-0.15, -0.1) is 5.16 Å². The van der Waals surface area contributed by atoms with Crippen LogP contribution in [0.4, 0.5) is 0 Å². The fourth-order valence-corrected chi connectivity index (χ4v) is 0.543. The van der Waals surface area contributed by atoms with Crippen LogP contribution in [-0.4, -0.2) is 11.4 Å². The van der Waals surface area contributed by atoms with Crippen LogP contribution in [0.25, 0.3) is 0 Å². The molecule has 0 rings (SSSR count). The van der Waals surface area contributed by atoms with Gasteiger partial charge in [-0.3, -0.25) is 0 Å². The van der Waals surface area contributed by atoms with Gasteiger partial charge in [-0.1, -0.05) is 19.8 Å². The van der Waals surface area contributed by atoms with E-state index in [-0.39, 0.29) is 0 Å². The van der Waals surface area contributed by atoms with E-state index in [9.17, 15) is 0 Å². The first-order valence-electron chi connectivity index (χ1n) is 3.07. The van der Waals surface area contributed by atoms with E-state index in [0.29, 0.717) is 0 Å². The minimum atomic E-state index is 0.907. The first kappa shape index (κ1) is 7.47. The van der Waals surface area contributed by atoms with Gasteiger partial charge in [-0.2, -0.15) is 0 Å². The second kappa shape index (κ2) is 6.47. The summed E-state index contributed by atoms with van der Waals surface area (Å²) < 4.78 is 0. The minimum Gasteiger partial charge on any atom is -0.411 e. The van der Waals surface area contributed by atoms with Gasteiger partial charge in [-0.25, -0.2) is 0 Å². The van der Waals surface area contributed by atoms with Crippen LogP contribution in [0.5, 0.6) is 0 Å². The lowest BCUT2D eigenvalue weighted by atomic mass is 10.2. The molecule has 0 aliphatic rings. The molecule has 0 radical (unpaired) electrons. The van der Waals surface area contributed by atoms with Gasteiger partial charge in [0.25, 0.3) is 0 Å². The molecule has 1 N–H and O–H groups in total. The Hall–Kier alpha value is -0.530. The lowest BCUT2D eigenvalue weighted by Gasteiger charge is -1.87. The third kappa shape index (κ3) is 5.47. The molecule has 0 aromatic rings. The molecular formula is C6H13NO. The van der Waals surface area contributed by atoms with Gasteiger partial charge in [-0.05, 0) is 12.8 Å². The van der Waals surface area contributed by atoms with Crippen LogP contribution in [0.1, 0.15) is 32.6 Å². The van der Waals surface area contributed by atoms with Gasteiger partial charge in [0, 0.05) is 6.21 Å². The first-order chi connectivity index (χ1) is 3.91. The van der Waals surface area contributed by atoms with E-state index in [0.717, 1.165) is 12.8 Å². The van der Waals surface area contributed by atoms with Crippen molar-refractivity contribution in [3.05, 3.63) is 0 Å². The normalized spacial score (nSPS) is 10.6. The summed E-state index contributed by atoms with van der Waals surface area (Å²) in [6.07, 6.45) is 6.03. The Morgan fingerprint density at radius 3 is 2.75 bits per heavy atom. The average Bonchev–Trinajstić information content (AvgIpc) is 1.81. The largest absolute Gasteiger partial charge is 0.411 e. The zero-order chi connectivity index (χ0) is 6.24. The number of oxime groups is 1. The molecule has 48 valence electrons. The number of rotatable bonds is 4. The van der Waals surface area contributed by atoms with E-state index in [2.05, 4.69) is 12.1 Å². The molecule has 0 unspecified atom stereocenters. The zero-order valence-corrected chi connectivity index (χ0v) is 5.30. The highest BCUT2D eigenvalue weighted by atomic mass is 16.4. The molecule has 0 saturated heterocycles. The monoisotopic (exact) mass is 115 g/mol. The molecule has 0 fully saturated rings. The molecule has 0 amide bonds. The van der Waals surface area contributed by atoms with Crippen molar-refractivity contribution in [3.63, 3.8) is 0 Å². The molecule has 0 atom stereocenters. The second-order valence-electron chi connectivity index (χ2n) is 1.79. The summed E-state index contributed by atoms with van der Waals surface area (Å²) in [5.74, 6) is 0. The molecule has 0 aromatic heterocycles. The maximum atomic E-state index is 7.94. The fourth-order valence-electron chi connectivity index (χ4n) is 0.543. The quantitative estimate of drug-likeness (QED) is 0.258. The lowest BCUT2D eigenvalue weighted by molar-refractivity contribution is 0.320. The second-order valence-corrected chi connectivity index (χ2v) is 1.79. The van der Waals surface area contributed by atoms with E-state index in [1.165, 1.54) is 19.1 Å². The Balaban J connectivity index is 2.72. The average molecular weight is 115 g/mol.